The lowest BCUT2D eigenvalue weighted by molar-refractivity contribution is 0.647. The Balaban J connectivity index is 3.68. The molecule has 11 heavy (non-hydrogen) atoms. The Morgan fingerprint density at radius 1 is 1.73 bits per heavy atom. The zero-order chi connectivity index (χ0) is 8.69. The molecule has 0 bridgehead atoms. The van der Waals surface area contributed by atoms with Gasteiger partial charge in [0, 0.05) is 18.8 Å². The van der Waals surface area contributed by atoms with Gasteiger partial charge in [-0.25, -0.2) is 0 Å². The summed E-state index contributed by atoms with van der Waals surface area (Å²) >= 11 is 1.81. The first-order chi connectivity index (χ1) is 5.24. The van der Waals surface area contributed by atoms with Crippen molar-refractivity contribution in [1.82, 2.24) is 5.32 Å². The maximum absolute atomic E-state index is 5.51. The van der Waals surface area contributed by atoms with Crippen molar-refractivity contribution in [2.75, 3.05) is 19.1 Å². The summed E-state index contributed by atoms with van der Waals surface area (Å²) in [5, 5.41) is 3.12. The van der Waals surface area contributed by atoms with E-state index in [1.54, 1.807) is 7.05 Å². The lowest BCUT2D eigenvalue weighted by atomic mass is 10.3. The highest BCUT2D eigenvalue weighted by Crippen LogP contribution is 1.99. The van der Waals surface area contributed by atoms with Crippen LogP contribution in [0.2, 0.25) is 0 Å². The fourth-order valence-corrected chi connectivity index (χ4v) is 1.46. The summed E-state index contributed by atoms with van der Waals surface area (Å²) < 4.78 is 0. The van der Waals surface area contributed by atoms with Crippen molar-refractivity contribution in [3.63, 3.8) is 0 Å². The second-order valence-electron chi connectivity index (χ2n) is 2.31. The highest BCUT2D eigenvalue weighted by Gasteiger charge is 2.03. The smallest absolute Gasteiger partial charge is 0.188 e. The molecular weight excluding hydrogens is 158 g/mol. The molecule has 3 N–H and O–H groups in total. The minimum absolute atomic E-state index is 0.452. The van der Waals surface area contributed by atoms with Crippen LogP contribution in [0.25, 0.3) is 0 Å². The molecule has 0 radical (unpaired) electrons. The van der Waals surface area contributed by atoms with Crippen molar-refractivity contribution in [2.45, 2.75) is 19.4 Å². The van der Waals surface area contributed by atoms with E-state index in [1.807, 2.05) is 11.8 Å². The summed E-state index contributed by atoms with van der Waals surface area (Å²) in [6, 6.07) is 0.452. The maximum Gasteiger partial charge on any atom is 0.188 e. The third-order valence-electron chi connectivity index (χ3n) is 1.45. The number of aliphatic imine (C=N–C) groups is 1. The van der Waals surface area contributed by atoms with Gasteiger partial charge in [-0.1, -0.05) is 6.92 Å². The Bertz CT molecular complexity index is 125. The van der Waals surface area contributed by atoms with Crippen molar-refractivity contribution in [3.8, 4) is 0 Å². The first-order valence-electron chi connectivity index (χ1n) is 3.72. The molecule has 0 aromatic rings. The zero-order valence-electron chi connectivity index (χ0n) is 7.42. The van der Waals surface area contributed by atoms with Crippen LogP contribution in [0.1, 0.15) is 13.3 Å². The van der Waals surface area contributed by atoms with Gasteiger partial charge in [0.2, 0.25) is 0 Å². The molecule has 0 saturated heterocycles. The molecule has 0 aromatic heterocycles. The number of hydrogen-bond donors (Lipinski definition) is 2. The summed E-state index contributed by atoms with van der Waals surface area (Å²) in [5.41, 5.74) is 5.51. The number of nitrogens with one attached hydrogen (secondary N) is 1. The third kappa shape index (κ3) is 4.95. The topological polar surface area (TPSA) is 50.4 Å². The molecule has 0 fully saturated rings. The standard InChI is InChI=1S/C7H17N3S/c1-4-6(5-11-3)10-7(8)9-2/h6H,4-5H2,1-3H3,(H3,8,9,10). The second-order valence-corrected chi connectivity index (χ2v) is 3.22. The number of nitrogens with zero attached hydrogens (tertiary/aromatic N) is 1. The van der Waals surface area contributed by atoms with Gasteiger partial charge in [-0.3, -0.25) is 4.99 Å². The Hall–Kier alpha value is -0.380. The van der Waals surface area contributed by atoms with Crippen molar-refractivity contribution >= 4 is 17.7 Å². The first-order valence-corrected chi connectivity index (χ1v) is 5.11. The van der Waals surface area contributed by atoms with Crippen LogP contribution in [0.4, 0.5) is 0 Å². The molecule has 0 spiro atoms. The Morgan fingerprint density at radius 3 is 2.73 bits per heavy atom. The summed E-state index contributed by atoms with van der Waals surface area (Å²) in [7, 11) is 1.69. The van der Waals surface area contributed by atoms with Gasteiger partial charge in [0.25, 0.3) is 0 Å². The SMILES string of the molecule is CCC(CSC)NC(N)=NC. The molecule has 66 valence electrons. The average molecular weight is 175 g/mol. The number of nitrogens with two attached hydrogens (primary N) is 1. The van der Waals surface area contributed by atoms with Crippen LogP contribution in [0, 0.1) is 0 Å². The predicted molar refractivity (Wildman–Crippen MR) is 53.1 cm³/mol. The monoisotopic (exact) mass is 175 g/mol. The highest BCUT2D eigenvalue weighted by atomic mass is 32.2. The largest absolute Gasteiger partial charge is 0.370 e. The fourth-order valence-electron chi connectivity index (χ4n) is 0.736. The molecule has 0 amide bonds. The molecule has 0 rings (SSSR count). The van der Waals surface area contributed by atoms with E-state index < -0.39 is 0 Å². The van der Waals surface area contributed by atoms with Crippen molar-refractivity contribution in [3.05, 3.63) is 0 Å². The van der Waals surface area contributed by atoms with Gasteiger partial charge < -0.3 is 11.1 Å². The van der Waals surface area contributed by atoms with Gasteiger partial charge in [0.1, 0.15) is 0 Å². The van der Waals surface area contributed by atoms with Crippen LogP contribution >= 0.6 is 11.8 Å². The minimum Gasteiger partial charge on any atom is -0.370 e. The van der Waals surface area contributed by atoms with Gasteiger partial charge in [-0.05, 0) is 12.7 Å². The molecular formula is C7H17N3S. The molecule has 4 heteroatoms. The first kappa shape index (κ1) is 10.6. The summed E-state index contributed by atoms with van der Waals surface area (Å²) in [6.07, 6.45) is 3.17. The van der Waals surface area contributed by atoms with Crippen molar-refractivity contribution in [1.29, 1.82) is 0 Å². The van der Waals surface area contributed by atoms with Crippen LogP contribution < -0.4 is 11.1 Å². The van der Waals surface area contributed by atoms with E-state index in [2.05, 4.69) is 23.5 Å². The second kappa shape index (κ2) is 6.34. The molecule has 0 aromatic carbocycles. The van der Waals surface area contributed by atoms with Crippen LogP contribution in [0.5, 0.6) is 0 Å². The third-order valence-corrected chi connectivity index (χ3v) is 2.19. The van der Waals surface area contributed by atoms with Crippen LogP contribution in [-0.4, -0.2) is 31.1 Å². The van der Waals surface area contributed by atoms with E-state index in [9.17, 15) is 0 Å². The van der Waals surface area contributed by atoms with E-state index in [0.29, 0.717) is 12.0 Å². The lowest BCUT2D eigenvalue weighted by Crippen LogP contribution is -2.40. The van der Waals surface area contributed by atoms with Gasteiger partial charge in [-0.2, -0.15) is 11.8 Å². The van der Waals surface area contributed by atoms with E-state index >= 15 is 0 Å². The molecule has 0 aliphatic heterocycles. The Labute approximate surface area is 72.8 Å². The van der Waals surface area contributed by atoms with E-state index in [1.165, 1.54) is 0 Å². The van der Waals surface area contributed by atoms with Gasteiger partial charge in [0.15, 0.2) is 5.96 Å². The normalized spacial score (nSPS) is 14.6. The average Bonchev–Trinajstić information content (AvgIpc) is 2.03. The lowest BCUT2D eigenvalue weighted by Gasteiger charge is -2.15. The molecule has 0 heterocycles. The number of thioether (sulfide) groups is 1. The molecule has 0 saturated carbocycles. The molecule has 1 atom stereocenters. The molecule has 0 aliphatic carbocycles. The maximum atomic E-state index is 5.51. The Kier molecular flexibility index (Phi) is 6.12. The summed E-state index contributed by atoms with van der Waals surface area (Å²) in [4.78, 5) is 3.83. The van der Waals surface area contributed by atoms with E-state index in [-0.39, 0.29) is 0 Å². The van der Waals surface area contributed by atoms with Crippen molar-refractivity contribution in [2.24, 2.45) is 10.7 Å². The van der Waals surface area contributed by atoms with Gasteiger partial charge in [-0.15, -0.1) is 0 Å². The van der Waals surface area contributed by atoms with Crippen molar-refractivity contribution < 1.29 is 0 Å². The fraction of sp³-hybridized carbons (Fsp3) is 0.857. The number of guanidine groups is 1. The highest BCUT2D eigenvalue weighted by molar-refractivity contribution is 7.98. The van der Waals surface area contributed by atoms with E-state index in [0.717, 1.165) is 12.2 Å². The quantitative estimate of drug-likeness (QED) is 0.487. The van der Waals surface area contributed by atoms with Crippen LogP contribution in [0.3, 0.4) is 0 Å². The number of rotatable bonds is 4. The molecule has 3 nitrogen and oxygen atoms in total. The number of hydrogen-bond acceptors (Lipinski definition) is 2. The van der Waals surface area contributed by atoms with E-state index in [4.69, 9.17) is 5.73 Å². The molecule has 0 aliphatic rings. The van der Waals surface area contributed by atoms with Gasteiger partial charge >= 0.3 is 0 Å². The summed E-state index contributed by atoms with van der Waals surface area (Å²) in [5.74, 6) is 1.61. The summed E-state index contributed by atoms with van der Waals surface area (Å²) in [6.45, 7) is 2.14. The van der Waals surface area contributed by atoms with Crippen LogP contribution in [-0.2, 0) is 0 Å². The molecule has 1 unspecified atom stereocenters. The van der Waals surface area contributed by atoms with Crippen LogP contribution in [0.15, 0.2) is 4.99 Å². The predicted octanol–water partition coefficient (Wildman–Crippen LogP) is 0.662. The Morgan fingerprint density at radius 2 is 2.36 bits per heavy atom. The minimum atomic E-state index is 0.452. The zero-order valence-corrected chi connectivity index (χ0v) is 8.24. The van der Waals surface area contributed by atoms with Gasteiger partial charge in [0.05, 0.1) is 0 Å².